The Morgan fingerprint density at radius 1 is 1.07 bits per heavy atom. The third-order valence-corrected chi connectivity index (χ3v) is 4.37. The highest BCUT2D eigenvalue weighted by Crippen LogP contribution is 2.26. The molecule has 27 heavy (non-hydrogen) atoms. The second-order valence-electron chi connectivity index (χ2n) is 6.12. The lowest BCUT2D eigenvalue weighted by molar-refractivity contribution is -0.255. The van der Waals surface area contributed by atoms with Gasteiger partial charge in [0, 0.05) is 17.1 Å². The van der Waals surface area contributed by atoms with Crippen molar-refractivity contribution < 1.29 is 14.7 Å². The molecule has 0 spiro atoms. The summed E-state index contributed by atoms with van der Waals surface area (Å²) in [6.07, 6.45) is 3.50. The van der Waals surface area contributed by atoms with Crippen molar-refractivity contribution in [3.63, 3.8) is 0 Å². The number of carbonyl (C=O) groups excluding carboxylic acids is 2. The number of nitrogens with zero attached hydrogens (tertiary/aromatic N) is 3. The largest absolute Gasteiger partial charge is 0.545 e. The van der Waals surface area contributed by atoms with Crippen LogP contribution >= 0.6 is 0 Å². The molecule has 0 N–H and O–H groups in total. The molecule has 0 unspecified atom stereocenters. The van der Waals surface area contributed by atoms with E-state index in [1.165, 1.54) is 29.3 Å². The Kier molecular flexibility index (Phi) is 4.01. The van der Waals surface area contributed by atoms with E-state index in [2.05, 4.69) is 10.1 Å². The minimum absolute atomic E-state index is 0.0451. The second kappa shape index (κ2) is 6.49. The van der Waals surface area contributed by atoms with Gasteiger partial charge in [0.15, 0.2) is 0 Å². The van der Waals surface area contributed by atoms with Gasteiger partial charge in [-0.3, -0.25) is 9.78 Å². The van der Waals surface area contributed by atoms with Crippen molar-refractivity contribution in [3.05, 3.63) is 77.5 Å². The quantitative estimate of drug-likeness (QED) is 0.675. The molecular weight excluding hydrogens is 342 g/mol. The van der Waals surface area contributed by atoms with Gasteiger partial charge in [-0.05, 0) is 36.8 Å². The Morgan fingerprint density at radius 2 is 1.81 bits per heavy atom. The highest BCUT2D eigenvalue weighted by molar-refractivity contribution is 6.32. The molecule has 0 fully saturated rings. The van der Waals surface area contributed by atoms with Crippen molar-refractivity contribution in [2.75, 3.05) is 5.01 Å². The standard InChI is InChI=1S/C21H15N3O3/c1-13-18(12-16-5-2-4-14-6-3-11-22-19(14)16)20(25)24(23-13)17-9-7-15(8-10-17)21(26)27/h2-12H,1H3,(H,26,27)/p-1/b18-12-. The van der Waals surface area contributed by atoms with Crippen molar-refractivity contribution in [2.45, 2.75) is 6.92 Å². The Morgan fingerprint density at radius 3 is 2.56 bits per heavy atom. The van der Waals surface area contributed by atoms with Crippen LogP contribution in [-0.4, -0.2) is 22.6 Å². The molecule has 6 nitrogen and oxygen atoms in total. The second-order valence-corrected chi connectivity index (χ2v) is 6.12. The van der Waals surface area contributed by atoms with Crippen LogP contribution in [-0.2, 0) is 4.79 Å². The molecule has 2 aromatic carbocycles. The lowest BCUT2D eigenvalue weighted by atomic mass is 10.0. The van der Waals surface area contributed by atoms with Crippen molar-refractivity contribution >= 4 is 40.3 Å². The maximum Gasteiger partial charge on any atom is 0.280 e. The minimum atomic E-state index is -1.27. The third-order valence-electron chi connectivity index (χ3n) is 4.37. The molecule has 0 atom stereocenters. The van der Waals surface area contributed by atoms with Gasteiger partial charge in [-0.1, -0.05) is 36.4 Å². The summed E-state index contributed by atoms with van der Waals surface area (Å²) in [7, 11) is 0. The van der Waals surface area contributed by atoms with Gasteiger partial charge in [-0.15, -0.1) is 0 Å². The number of para-hydroxylation sites is 1. The maximum atomic E-state index is 12.9. The number of carboxylic acids is 1. The number of carboxylic acid groups (broad SMARTS) is 1. The fourth-order valence-corrected chi connectivity index (χ4v) is 3.00. The van der Waals surface area contributed by atoms with Crippen LogP contribution in [0.5, 0.6) is 0 Å². The molecule has 0 bridgehead atoms. The summed E-state index contributed by atoms with van der Waals surface area (Å²) in [6.45, 7) is 1.76. The summed E-state index contributed by atoms with van der Waals surface area (Å²) in [4.78, 5) is 28.2. The van der Waals surface area contributed by atoms with Gasteiger partial charge in [-0.25, -0.2) is 0 Å². The number of anilines is 1. The Bertz CT molecular complexity index is 1130. The van der Waals surface area contributed by atoms with Crippen LogP contribution in [0.2, 0.25) is 0 Å². The number of fused-ring (bicyclic) bond motifs is 1. The van der Waals surface area contributed by atoms with Crippen molar-refractivity contribution in [3.8, 4) is 0 Å². The summed E-state index contributed by atoms with van der Waals surface area (Å²) in [6, 6.07) is 15.5. The van der Waals surface area contributed by atoms with E-state index in [9.17, 15) is 14.7 Å². The van der Waals surface area contributed by atoms with E-state index >= 15 is 0 Å². The van der Waals surface area contributed by atoms with E-state index in [1.54, 1.807) is 19.2 Å². The van der Waals surface area contributed by atoms with Crippen molar-refractivity contribution in [1.82, 2.24) is 4.98 Å². The van der Waals surface area contributed by atoms with Gasteiger partial charge in [0.2, 0.25) is 0 Å². The van der Waals surface area contributed by atoms with Gasteiger partial charge < -0.3 is 9.90 Å². The first-order valence-corrected chi connectivity index (χ1v) is 8.31. The van der Waals surface area contributed by atoms with Crippen molar-refractivity contribution in [2.24, 2.45) is 5.10 Å². The number of hydrogen-bond acceptors (Lipinski definition) is 5. The molecule has 3 aromatic rings. The molecule has 4 rings (SSSR count). The fraction of sp³-hybridized carbons (Fsp3) is 0.0476. The number of pyridine rings is 1. The number of benzene rings is 2. The molecule has 6 heteroatoms. The molecule has 132 valence electrons. The van der Waals surface area contributed by atoms with E-state index < -0.39 is 5.97 Å². The summed E-state index contributed by atoms with van der Waals surface area (Å²) < 4.78 is 0. The highest BCUT2D eigenvalue weighted by atomic mass is 16.4. The molecule has 0 aliphatic carbocycles. The molecule has 1 aliphatic heterocycles. The Balaban J connectivity index is 1.71. The van der Waals surface area contributed by atoms with E-state index in [0.717, 1.165) is 16.5 Å². The summed E-state index contributed by atoms with van der Waals surface area (Å²) in [5.41, 5.74) is 3.23. The third kappa shape index (κ3) is 2.97. The fourth-order valence-electron chi connectivity index (χ4n) is 3.00. The molecule has 1 aliphatic rings. The first-order chi connectivity index (χ1) is 13.0. The lowest BCUT2D eigenvalue weighted by Gasteiger charge is -2.12. The van der Waals surface area contributed by atoms with Gasteiger partial charge >= 0.3 is 0 Å². The number of hydrogen-bond donors (Lipinski definition) is 0. The van der Waals surface area contributed by atoms with Crippen LogP contribution < -0.4 is 10.1 Å². The van der Waals surface area contributed by atoms with E-state index in [1.807, 2.05) is 30.3 Å². The highest BCUT2D eigenvalue weighted by Gasteiger charge is 2.28. The van der Waals surface area contributed by atoms with Gasteiger partial charge in [0.05, 0.1) is 28.5 Å². The summed E-state index contributed by atoms with van der Waals surface area (Å²) in [5, 5.41) is 17.4. The number of carbonyl (C=O) groups is 2. The van der Waals surface area contributed by atoms with Crippen LogP contribution in [0, 0.1) is 0 Å². The monoisotopic (exact) mass is 356 g/mol. The molecule has 0 saturated heterocycles. The minimum Gasteiger partial charge on any atom is -0.545 e. The molecule has 0 saturated carbocycles. The number of aromatic carboxylic acids is 1. The van der Waals surface area contributed by atoms with Crippen LogP contribution in [0.15, 0.2) is 71.5 Å². The lowest BCUT2D eigenvalue weighted by Crippen LogP contribution is -2.23. The number of hydrazone groups is 1. The maximum absolute atomic E-state index is 12.9. The topological polar surface area (TPSA) is 85.7 Å². The molecule has 1 amide bonds. The van der Waals surface area contributed by atoms with Gasteiger partial charge in [0.1, 0.15) is 0 Å². The summed E-state index contributed by atoms with van der Waals surface area (Å²) >= 11 is 0. The molecular formula is C21H14N3O3-. The Hall–Kier alpha value is -3.80. The Labute approximate surface area is 155 Å². The van der Waals surface area contributed by atoms with Crippen molar-refractivity contribution in [1.29, 1.82) is 0 Å². The average Bonchev–Trinajstić information content (AvgIpc) is 2.96. The molecule has 1 aromatic heterocycles. The zero-order valence-corrected chi connectivity index (χ0v) is 14.4. The SMILES string of the molecule is CC1=NN(c2ccc(C(=O)[O-])cc2)C(=O)/C1=C\c1cccc2cccnc12. The summed E-state index contributed by atoms with van der Waals surface area (Å²) in [5.74, 6) is -1.54. The van der Waals surface area contributed by atoms with Crippen LogP contribution in [0.4, 0.5) is 5.69 Å². The smallest absolute Gasteiger partial charge is 0.280 e. The van der Waals surface area contributed by atoms with E-state index in [0.29, 0.717) is 17.0 Å². The van der Waals surface area contributed by atoms with Crippen LogP contribution in [0.25, 0.3) is 17.0 Å². The van der Waals surface area contributed by atoms with Crippen LogP contribution in [0.3, 0.4) is 0 Å². The zero-order valence-electron chi connectivity index (χ0n) is 14.4. The van der Waals surface area contributed by atoms with Crippen LogP contribution in [0.1, 0.15) is 22.8 Å². The molecule has 2 heterocycles. The first-order valence-electron chi connectivity index (χ1n) is 8.31. The normalized spacial score (nSPS) is 15.4. The number of aromatic nitrogens is 1. The predicted molar refractivity (Wildman–Crippen MR) is 101 cm³/mol. The molecule has 0 radical (unpaired) electrons. The van der Waals surface area contributed by atoms with Gasteiger partial charge in [-0.2, -0.15) is 10.1 Å². The number of amides is 1. The first kappa shape index (κ1) is 16.7. The van der Waals surface area contributed by atoms with E-state index in [4.69, 9.17) is 0 Å². The average molecular weight is 356 g/mol. The zero-order chi connectivity index (χ0) is 19.0. The van der Waals surface area contributed by atoms with Gasteiger partial charge in [0.25, 0.3) is 5.91 Å². The predicted octanol–water partition coefficient (Wildman–Crippen LogP) is 2.40. The van der Waals surface area contributed by atoms with E-state index in [-0.39, 0.29) is 11.5 Å². The number of rotatable bonds is 3.